The second-order valence-corrected chi connectivity index (χ2v) is 6.19. The lowest BCUT2D eigenvalue weighted by molar-refractivity contribution is -0.132. The summed E-state index contributed by atoms with van der Waals surface area (Å²) in [5.74, 6) is -0.100. The molecule has 8 nitrogen and oxygen atoms in total. The Morgan fingerprint density at radius 2 is 2.36 bits per heavy atom. The molecule has 118 valence electrons. The summed E-state index contributed by atoms with van der Waals surface area (Å²) < 4.78 is 3.30. The number of hydrogen-bond donors (Lipinski definition) is 1. The van der Waals surface area contributed by atoms with E-state index in [1.54, 1.807) is 19.0 Å². The van der Waals surface area contributed by atoms with E-state index < -0.39 is 0 Å². The molecule has 2 aromatic rings. The molecule has 1 fully saturated rings. The Balaban J connectivity index is 1.87. The molecule has 1 aliphatic heterocycles. The number of rotatable bonds is 3. The van der Waals surface area contributed by atoms with Gasteiger partial charge in [0.2, 0.25) is 5.91 Å². The zero-order chi connectivity index (χ0) is 15.9. The van der Waals surface area contributed by atoms with E-state index in [0.29, 0.717) is 15.6 Å². The summed E-state index contributed by atoms with van der Waals surface area (Å²) in [6, 6.07) is 0.185. The van der Waals surface area contributed by atoms with Gasteiger partial charge in [0.15, 0.2) is 5.65 Å². The third-order valence-electron chi connectivity index (χ3n) is 4.05. The summed E-state index contributed by atoms with van der Waals surface area (Å²) in [5.41, 5.74) is 0.227. The lowest BCUT2D eigenvalue weighted by atomic mass is 10.2. The minimum absolute atomic E-state index is 0.0178. The quantitative estimate of drug-likeness (QED) is 0.804. The molecule has 0 radical (unpaired) electrons. The van der Waals surface area contributed by atoms with Crippen molar-refractivity contribution in [3.8, 4) is 0 Å². The number of carbonyl (C=O) groups excluding carboxylic acids is 1. The summed E-state index contributed by atoms with van der Waals surface area (Å²) in [4.78, 5) is 30.8. The monoisotopic (exact) mass is 368 g/mol. The molecule has 1 N–H and O–H groups in total. The van der Waals surface area contributed by atoms with E-state index >= 15 is 0 Å². The van der Waals surface area contributed by atoms with Gasteiger partial charge >= 0.3 is 0 Å². The van der Waals surface area contributed by atoms with Crippen molar-refractivity contribution in [3.05, 3.63) is 21.3 Å². The Hall–Kier alpha value is -1.74. The standard InChI is InChI=1S/C13H17BrN6O2/c1-18(8-3-4-15-5-8)9(21)6-20-7-16-12-10(13(20)22)11(14)17-19(12)2/h7-8,15H,3-6H2,1-2H3/t8-/m1/s1. The predicted molar refractivity (Wildman–Crippen MR) is 84.5 cm³/mol. The van der Waals surface area contributed by atoms with Gasteiger partial charge in [-0.1, -0.05) is 0 Å². The molecule has 1 aliphatic rings. The highest BCUT2D eigenvalue weighted by Crippen LogP contribution is 2.16. The first-order valence-electron chi connectivity index (χ1n) is 7.03. The molecule has 2 aromatic heterocycles. The highest BCUT2D eigenvalue weighted by atomic mass is 79.9. The fraction of sp³-hybridized carbons (Fsp3) is 0.538. The highest BCUT2D eigenvalue weighted by Gasteiger charge is 2.24. The van der Waals surface area contributed by atoms with Crippen LogP contribution in [0.5, 0.6) is 0 Å². The van der Waals surface area contributed by atoms with Gasteiger partial charge in [0, 0.05) is 26.7 Å². The Morgan fingerprint density at radius 1 is 1.59 bits per heavy atom. The number of carbonyl (C=O) groups is 1. The number of aromatic nitrogens is 4. The normalized spacial score (nSPS) is 18.0. The number of amides is 1. The molecule has 0 bridgehead atoms. The second-order valence-electron chi connectivity index (χ2n) is 5.44. The molecular formula is C13H17BrN6O2. The maximum atomic E-state index is 12.5. The Labute approximate surface area is 135 Å². The van der Waals surface area contributed by atoms with Crippen LogP contribution < -0.4 is 10.9 Å². The number of halogens is 1. The lowest BCUT2D eigenvalue weighted by Crippen LogP contribution is -2.41. The van der Waals surface area contributed by atoms with E-state index in [1.165, 1.54) is 15.6 Å². The topological polar surface area (TPSA) is 85.1 Å². The van der Waals surface area contributed by atoms with Crippen LogP contribution >= 0.6 is 15.9 Å². The van der Waals surface area contributed by atoms with Crippen molar-refractivity contribution >= 4 is 32.9 Å². The Kier molecular flexibility index (Phi) is 4.00. The summed E-state index contributed by atoms with van der Waals surface area (Å²) in [6.45, 7) is 1.69. The first-order valence-corrected chi connectivity index (χ1v) is 7.82. The third-order valence-corrected chi connectivity index (χ3v) is 4.60. The van der Waals surface area contributed by atoms with Crippen molar-refractivity contribution in [2.24, 2.45) is 7.05 Å². The zero-order valence-electron chi connectivity index (χ0n) is 12.4. The minimum atomic E-state index is -0.267. The SMILES string of the molecule is CN(C(=O)Cn1cnc2c(c(Br)nn2C)c1=O)[C@@H]1CCNC1. The van der Waals surface area contributed by atoms with Crippen molar-refractivity contribution in [2.45, 2.75) is 19.0 Å². The summed E-state index contributed by atoms with van der Waals surface area (Å²) >= 11 is 3.26. The van der Waals surface area contributed by atoms with Crippen LogP contribution in [-0.4, -0.2) is 56.3 Å². The van der Waals surface area contributed by atoms with Crippen molar-refractivity contribution in [2.75, 3.05) is 20.1 Å². The molecule has 0 aromatic carbocycles. The van der Waals surface area contributed by atoms with E-state index in [1.807, 2.05) is 0 Å². The highest BCUT2D eigenvalue weighted by molar-refractivity contribution is 9.10. The van der Waals surface area contributed by atoms with Crippen LogP contribution in [0.25, 0.3) is 11.0 Å². The van der Waals surface area contributed by atoms with Gasteiger partial charge in [0.05, 0.1) is 0 Å². The molecule has 3 heterocycles. The van der Waals surface area contributed by atoms with Gasteiger partial charge in [-0.3, -0.25) is 14.2 Å². The van der Waals surface area contributed by atoms with Crippen LogP contribution in [0.1, 0.15) is 6.42 Å². The number of nitrogens with one attached hydrogen (secondary N) is 1. The molecule has 22 heavy (non-hydrogen) atoms. The smallest absolute Gasteiger partial charge is 0.266 e. The molecule has 0 unspecified atom stereocenters. The average Bonchev–Trinajstić information content (AvgIpc) is 3.10. The fourth-order valence-corrected chi connectivity index (χ4v) is 3.26. The number of fused-ring (bicyclic) bond motifs is 1. The van der Waals surface area contributed by atoms with E-state index in [0.717, 1.165) is 19.5 Å². The summed E-state index contributed by atoms with van der Waals surface area (Å²) in [7, 11) is 3.49. The molecule has 1 atom stereocenters. The van der Waals surface area contributed by atoms with E-state index in [4.69, 9.17) is 0 Å². The van der Waals surface area contributed by atoms with Gasteiger partial charge in [-0.15, -0.1) is 0 Å². The van der Waals surface area contributed by atoms with Gasteiger partial charge in [-0.2, -0.15) is 5.10 Å². The van der Waals surface area contributed by atoms with Crippen LogP contribution in [0.15, 0.2) is 15.7 Å². The molecule has 1 amide bonds. The van der Waals surface area contributed by atoms with Crippen molar-refractivity contribution in [1.82, 2.24) is 29.5 Å². The van der Waals surface area contributed by atoms with E-state index in [9.17, 15) is 9.59 Å². The maximum absolute atomic E-state index is 12.5. The van der Waals surface area contributed by atoms with Crippen LogP contribution in [0.4, 0.5) is 0 Å². The van der Waals surface area contributed by atoms with E-state index in [-0.39, 0.29) is 24.1 Å². The van der Waals surface area contributed by atoms with Crippen molar-refractivity contribution in [3.63, 3.8) is 0 Å². The number of hydrogen-bond acceptors (Lipinski definition) is 5. The van der Waals surface area contributed by atoms with Gasteiger partial charge < -0.3 is 10.2 Å². The first-order chi connectivity index (χ1) is 10.5. The Bertz CT molecular complexity index is 777. The lowest BCUT2D eigenvalue weighted by Gasteiger charge is -2.24. The second kappa shape index (κ2) is 5.81. The van der Waals surface area contributed by atoms with Crippen LogP contribution in [0.3, 0.4) is 0 Å². The van der Waals surface area contributed by atoms with Gasteiger partial charge in [-0.25, -0.2) is 9.67 Å². The minimum Gasteiger partial charge on any atom is -0.340 e. The average molecular weight is 369 g/mol. The molecule has 0 aliphatic carbocycles. The summed E-state index contributed by atoms with van der Waals surface area (Å²) in [5, 5.41) is 7.74. The van der Waals surface area contributed by atoms with Crippen molar-refractivity contribution in [1.29, 1.82) is 0 Å². The van der Waals surface area contributed by atoms with Gasteiger partial charge in [0.1, 0.15) is 22.9 Å². The van der Waals surface area contributed by atoms with Crippen LogP contribution in [0.2, 0.25) is 0 Å². The molecule has 9 heteroatoms. The van der Waals surface area contributed by atoms with Gasteiger partial charge in [-0.05, 0) is 28.9 Å². The predicted octanol–water partition coefficient (Wildman–Crippen LogP) is -0.287. The molecule has 0 spiro atoms. The molecule has 0 saturated carbocycles. The van der Waals surface area contributed by atoms with Crippen LogP contribution in [0, 0.1) is 0 Å². The maximum Gasteiger partial charge on any atom is 0.266 e. The fourth-order valence-electron chi connectivity index (χ4n) is 2.68. The zero-order valence-corrected chi connectivity index (χ0v) is 14.0. The third kappa shape index (κ3) is 2.54. The Morgan fingerprint density at radius 3 is 3.05 bits per heavy atom. The van der Waals surface area contributed by atoms with E-state index in [2.05, 4.69) is 31.3 Å². The molecule has 1 saturated heterocycles. The van der Waals surface area contributed by atoms with Crippen molar-refractivity contribution < 1.29 is 4.79 Å². The molecular weight excluding hydrogens is 352 g/mol. The van der Waals surface area contributed by atoms with Gasteiger partial charge in [0.25, 0.3) is 5.56 Å². The summed E-state index contributed by atoms with van der Waals surface area (Å²) in [6.07, 6.45) is 2.33. The number of nitrogens with zero attached hydrogens (tertiary/aromatic N) is 5. The largest absolute Gasteiger partial charge is 0.340 e. The first kappa shape index (κ1) is 15.2. The number of likely N-dealkylation sites (N-methyl/N-ethyl adjacent to an activating group) is 1. The molecule has 3 rings (SSSR count). The van der Waals surface area contributed by atoms with Crippen LogP contribution in [-0.2, 0) is 18.4 Å². The number of aryl methyl sites for hydroxylation is 1.